The van der Waals surface area contributed by atoms with Gasteiger partial charge in [0.15, 0.2) is 0 Å². The molecule has 0 radical (unpaired) electrons. The summed E-state index contributed by atoms with van der Waals surface area (Å²) in [6.45, 7) is 5.63. The highest BCUT2D eigenvalue weighted by Crippen LogP contribution is 2.20. The lowest BCUT2D eigenvalue weighted by atomic mass is 9.88. The Hall–Kier alpha value is -2.76. The maximum Gasteiger partial charge on any atom is 0.252 e. The Morgan fingerprint density at radius 2 is 2.18 bits per heavy atom. The molecule has 1 aromatic carbocycles. The molecule has 3 unspecified atom stereocenters. The minimum absolute atomic E-state index is 0.0429. The average molecular weight is 385 g/mol. The number of carbonyl (C=O) groups is 1. The molecule has 28 heavy (non-hydrogen) atoms. The predicted molar refractivity (Wildman–Crippen MR) is 104 cm³/mol. The van der Waals surface area contributed by atoms with Gasteiger partial charge < -0.3 is 10.3 Å². The summed E-state index contributed by atoms with van der Waals surface area (Å²) >= 11 is 0. The lowest BCUT2D eigenvalue weighted by Gasteiger charge is -2.37. The van der Waals surface area contributed by atoms with E-state index in [2.05, 4.69) is 27.2 Å². The molecule has 1 fully saturated rings. The number of aromatic nitrogens is 1. The third kappa shape index (κ3) is 4.06. The zero-order valence-corrected chi connectivity index (χ0v) is 16.1. The van der Waals surface area contributed by atoms with E-state index >= 15 is 0 Å². The van der Waals surface area contributed by atoms with Gasteiger partial charge in [0, 0.05) is 28.6 Å². The van der Waals surface area contributed by atoms with Crippen molar-refractivity contribution in [3.8, 4) is 6.07 Å². The normalized spacial score (nSPS) is 23.2. The minimum Gasteiger partial charge on any atom is -0.352 e. The molecular weight excluding hydrogens is 361 g/mol. The van der Waals surface area contributed by atoms with Crippen molar-refractivity contribution in [1.82, 2.24) is 21.2 Å². The lowest BCUT2D eigenvalue weighted by molar-refractivity contribution is -0.121. The van der Waals surface area contributed by atoms with Gasteiger partial charge in [-0.05, 0) is 49.9 Å². The van der Waals surface area contributed by atoms with Gasteiger partial charge in [0.25, 0.3) is 5.56 Å². The van der Waals surface area contributed by atoms with E-state index in [0.717, 1.165) is 0 Å². The summed E-state index contributed by atoms with van der Waals surface area (Å²) in [5.74, 6) is -0.490. The molecule has 4 N–H and O–H groups in total. The van der Waals surface area contributed by atoms with Gasteiger partial charge in [0.05, 0.1) is 12.5 Å². The molecule has 1 aromatic heterocycles. The first-order chi connectivity index (χ1) is 13.3. The highest BCUT2D eigenvalue weighted by atomic mass is 19.1. The molecule has 1 aliphatic heterocycles. The van der Waals surface area contributed by atoms with Crippen molar-refractivity contribution < 1.29 is 9.18 Å². The second kappa shape index (κ2) is 8.09. The van der Waals surface area contributed by atoms with Crippen molar-refractivity contribution in [1.29, 1.82) is 5.26 Å². The van der Waals surface area contributed by atoms with Crippen LogP contribution in [0.25, 0.3) is 10.9 Å². The van der Waals surface area contributed by atoms with Gasteiger partial charge in [-0.2, -0.15) is 5.26 Å². The molecule has 1 saturated heterocycles. The second-order valence-corrected chi connectivity index (χ2v) is 7.49. The van der Waals surface area contributed by atoms with Crippen molar-refractivity contribution in [3.05, 3.63) is 45.5 Å². The van der Waals surface area contributed by atoms with Crippen LogP contribution in [0.5, 0.6) is 0 Å². The first-order valence-electron chi connectivity index (χ1n) is 9.31. The number of hydrazine groups is 1. The SMILES string of the molecule is Cc1c(CC(=O)N[C@@H](C)C2NNC(C#N)CC2C)c(=O)[nH]c2ccc(F)cc12. The minimum atomic E-state index is -0.396. The number of nitrogens with one attached hydrogen (secondary N) is 4. The number of aryl methyl sites for hydroxylation is 1. The predicted octanol–water partition coefficient (Wildman–Crippen LogP) is 1.42. The standard InChI is InChI=1S/C20H24FN5O2/c1-10-6-14(9-22)25-26-19(10)12(3)23-18(27)8-16-11(2)15-7-13(21)4-5-17(15)24-20(16)28/h4-5,7,10,12,14,19,25-26H,6,8H2,1-3H3,(H,23,27)(H,24,28)/t10?,12-,14?,19?/m0/s1. The van der Waals surface area contributed by atoms with Crippen LogP contribution in [0, 0.1) is 30.0 Å². The topological polar surface area (TPSA) is 110 Å². The smallest absolute Gasteiger partial charge is 0.252 e. The number of H-pyrrole nitrogens is 1. The number of rotatable bonds is 4. The largest absolute Gasteiger partial charge is 0.352 e. The van der Waals surface area contributed by atoms with Crippen molar-refractivity contribution >= 4 is 16.8 Å². The number of benzene rings is 1. The first kappa shape index (κ1) is 20.0. The Kier molecular flexibility index (Phi) is 5.77. The molecule has 1 amide bonds. The molecule has 0 bridgehead atoms. The van der Waals surface area contributed by atoms with Crippen molar-refractivity contribution in [2.45, 2.75) is 51.7 Å². The van der Waals surface area contributed by atoms with Crippen LogP contribution >= 0.6 is 0 Å². The van der Waals surface area contributed by atoms with Gasteiger partial charge in [-0.25, -0.2) is 9.82 Å². The number of hydrogen-bond acceptors (Lipinski definition) is 5. The fourth-order valence-corrected chi connectivity index (χ4v) is 3.85. The average Bonchev–Trinajstić information content (AvgIpc) is 2.65. The molecule has 0 saturated carbocycles. The molecule has 0 spiro atoms. The molecule has 0 aliphatic carbocycles. The van der Waals surface area contributed by atoms with E-state index in [1.165, 1.54) is 18.2 Å². The second-order valence-electron chi connectivity index (χ2n) is 7.49. The summed E-state index contributed by atoms with van der Waals surface area (Å²) in [4.78, 5) is 27.7. The summed E-state index contributed by atoms with van der Waals surface area (Å²) in [5, 5.41) is 12.5. The molecule has 4 atom stereocenters. The molecule has 8 heteroatoms. The first-order valence-corrected chi connectivity index (χ1v) is 9.31. The molecule has 2 heterocycles. The van der Waals surface area contributed by atoms with Crippen LogP contribution in [0.2, 0.25) is 0 Å². The summed E-state index contributed by atoms with van der Waals surface area (Å²) < 4.78 is 13.6. The van der Waals surface area contributed by atoms with Gasteiger partial charge in [0.2, 0.25) is 5.91 Å². The van der Waals surface area contributed by atoms with E-state index in [0.29, 0.717) is 28.5 Å². The van der Waals surface area contributed by atoms with Crippen LogP contribution in [-0.2, 0) is 11.2 Å². The van der Waals surface area contributed by atoms with Gasteiger partial charge in [-0.1, -0.05) is 6.92 Å². The maximum absolute atomic E-state index is 13.6. The van der Waals surface area contributed by atoms with Gasteiger partial charge >= 0.3 is 0 Å². The summed E-state index contributed by atoms with van der Waals surface area (Å²) in [6.07, 6.45) is 0.594. The lowest BCUT2D eigenvalue weighted by Crippen LogP contribution is -2.62. The van der Waals surface area contributed by atoms with E-state index in [1.807, 2.05) is 13.8 Å². The summed E-state index contributed by atoms with van der Waals surface area (Å²) in [7, 11) is 0. The number of hydrogen-bond donors (Lipinski definition) is 4. The van der Waals surface area contributed by atoms with Crippen LogP contribution in [-0.4, -0.2) is 29.0 Å². The number of carbonyl (C=O) groups excluding carboxylic acids is 1. The maximum atomic E-state index is 13.6. The van der Waals surface area contributed by atoms with Crippen LogP contribution in [0.4, 0.5) is 4.39 Å². The number of halogens is 1. The van der Waals surface area contributed by atoms with Crippen LogP contribution in [0.3, 0.4) is 0 Å². The van der Waals surface area contributed by atoms with E-state index < -0.39 is 5.82 Å². The fraction of sp³-hybridized carbons (Fsp3) is 0.450. The van der Waals surface area contributed by atoms with E-state index in [-0.39, 0.29) is 41.9 Å². The van der Waals surface area contributed by atoms with Gasteiger partial charge in [-0.15, -0.1) is 0 Å². The van der Waals surface area contributed by atoms with E-state index in [1.54, 1.807) is 6.92 Å². The highest BCUT2D eigenvalue weighted by molar-refractivity contribution is 5.85. The quantitative estimate of drug-likeness (QED) is 0.636. The Bertz CT molecular complexity index is 996. The Morgan fingerprint density at radius 1 is 1.43 bits per heavy atom. The van der Waals surface area contributed by atoms with Crippen LogP contribution in [0.1, 0.15) is 31.4 Å². The zero-order valence-electron chi connectivity index (χ0n) is 16.1. The molecule has 3 rings (SSSR count). The van der Waals surface area contributed by atoms with E-state index in [4.69, 9.17) is 5.26 Å². The molecule has 148 valence electrons. The van der Waals surface area contributed by atoms with Crippen molar-refractivity contribution in [3.63, 3.8) is 0 Å². The number of nitrogens with zero attached hydrogens (tertiary/aromatic N) is 1. The number of nitriles is 1. The third-order valence-corrected chi connectivity index (χ3v) is 5.43. The van der Waals surface area contributed by atoms with Crippen molar-refractivity contribution in [2.75, 3.05) is 0 Å². The van der Waals surface area contributed by atoms with E-state index in [9.17, 15) is 14.0 Å². The molecular formula is C20H24FN5O2. The van der Waals surface area contributed by atoms with Gasteiger partial charge in [0.1, 0.15) is 11.9 Å². The van der Waals surface area contributed by atoms with Crippen LogP contribution < -0.4 is 21.7 Å². The van der Waals surface area contributed by atoms with Crippen molar-refractivity contribution in [2.24, 2.45) is 5.92 Å². The molecule has 2 aromatic rings. The molecule has 7 nitrogen and oxygen atoms in total. The number of fused-ring (bicyclic) bond motifs is 1. The summed E-state index contributed by atoms with van der Waals surface area (Å²) in [5.41, 5.74) is 7.16. The number of amides is 1. The third-order valence-electron chi connectivity index (χ3n) is 5.43. The Labute approximate surface area is 162 Å². The Balaban J connectivity index is 1.73. The highest BCUT2D eigenvalue weighted by Gasteiger charge is 2.31. The zero-order chi connectivity index (χ0) is 20.4. The van der Waals surface area contributed by atoms with Crippen LogP contribution in [0.15, 0.2) is 23.0 Å². The fourth-order valence-electron chi connectivity index (χ4n) is 3.85. The Morgan fingerprint density at radius 3 is 2.86 bits per heavy atom. The molecule has 1 aliphatic rings. The summed E-state index contributed by atoms with van der Waals surface area (Å²) in [6, 6.07) is 5.83. The van der Waals surface area contributed by atoms with Gasteiger partial charge in [-0.3, -0.25) is 15.0 Å². The monoisotopic (exact) mass is 385 g/mol. The number of aromatic amines is 1. The number of pyridine rings is 1.